The van der Waals surface area contributed by atoms with Crippen LogP contribution in [0.25, 0.3) is 90.9 Å². The van der Waals surface area contributed by atoms with Gasteiger partial charge in [0.2, 0.25) is 0 Å². The Morgan fingerprint density at radius 1 is 0.415 bits per heavy atom. The van der Waals surface area contributed by atoms with Crippen LogP contribution < -0.4 is 9.97 Å². The Morgan fingerprint density at radius 3 is 0.830 bits per heavy atom. The molecule has 0 aliphatic carbocycles. The van der Waals surface area contributed by atoms with Gasteiger partial charge in [-0.05, 0) is 68.8 Å². The van der Waals surface area contributed by atoms with Gasteiger partial charge in [0.15, 0.2) is 0 Å². The molecule has 7 heteroatoms. The van der Waals surface area contributed by atoms with Crippen molar-refractivity contribution in [3.63, 3.8) is 0 Å². The summed E-state index contributed by atoms with van der Waals surface area (Å²) >= 11 is 0. The molecule has 9 rings (SSSR count). The fraction of sp³-hybridized carbons (Fsp3) is 0.0217. The van der Waals surface area contributed by atoms with Crippen LogP contribution in [0.15, 0.2) is 146 Å². The van der Waals surface area contributed by atoms with E-state index in [1.165, 1.54) is 0 Å². The molecule has 1 radical (unpaired) electrons. The molecule has 0 amide bonds. The average molecular weight is 728 g/mol. The Kier molecular flexibility index (Phi) is 10.1. The van der Waals surface area contributed by atoms with Crippen LogP contribution in [0.2, 0.25) is 0 Å². The Labute approximate surface area is 317 Å². The van der Waals surface area contributed by atoms with Gasteiger partial charge in [-0.2, -0.15) is 0 Å². The number of carboxylic acid groups (broad SMARTS) is 1. The van der Waals surface area contributed by atoms with Crippen molar-refractivity contribution in [1.29, 1.82) is 0 Å². The predicted molar refractivity (Wildman–Crippen MR) is 212 cm³/mol. The summed E-state index contributed by atoms with van der Waals surface area (Å²) in [6, 6.07) is 50.0. The summed E-state index contributed by atoms with van der Waals surface area (Å²) in [5.41, 5.74) is 15.0. The minimum absolute atomic E-state index is 0. The van der Waals surface area contributed by atoms with Crippen LogP contribution in [-0.4, -0.2) is 21.0 Å². The summed E-state index contributed by atoms with van der Waals surface area (Å²) < 4.78 is 0. The van der Waals surface area contributed by atoms with Crippen molar-refractivity contribution in [1.82, 2.24) is 19.9 Å². The molecule has 255 valence electrons. The Bertz CT molecular complexity index is 2290. The molecule has 0 atom stereocenters. The maximum atomic E-state index is 9.00. The monoisotopic (exact) mass is 727 g/mol. The Balaban J connectivity index is 0.000000831. The number of aromatic nitrogens is 4. The standard InChI is InChI=1S/C44H28N4.C2H4O2.Mn/c1-5-13-29(14-6-1)41-33-21-23-35(45-33)42(30-15-7-2-8-16-30)37-25-27-39(47-37)44(32-19-11-4-12-20-32)40-28-26-38(48-40)43(31-17-9-3-10-18-31)36-24-22-34(41)46-36;1-2(3)4;/h1-28H;1H3,(H,3,4);/q-2;;+2. The summed E-state index contributed by atoms with van der Waals surface area (Å²) in [4.78, 5) is 30.2. The zero-order valence-electron chi connectivity index (χ0n) is 28.7. The topological polar surface area (TPSA) is 91.3 Å². The number of fused-ring (bicyclic) bond motifs is 8. The molecule has 4 aromatic carbocycles. The van der Waals surface area contributed by atoms with Gasteiger partial charge in [-0.3, -0.25) is 4.79 Å². The van der Waals surface area contributed by atoms with Gasteiger partial charge in [-0.1, -0.05) is 146 Å². The predicted octanol–water partition coefficient (Wildman–Crippen LogP) is 10.7. The van der Waals surface area contributed by atoms with Crippen molar-refractivity contribution in [2.75, 3.05) is 0 Å². The van der Waals surface area contributed by atoms with Crippen LogP contribution in [0.4, 0.5) is 0 Å². The van der Waals surface area contributed by atoms with Crippen LogP contribution in [0.5, 0.6) is 0 Å². The van der Waals surface area contributed by atoms with Crippen molar-refractivity contribution in [3.05, 3.63) is 168 Å². The zero-order valence-corrected chi connectivity index (χ0v) is 29.9. The average Bonchev–Trinajstić information content (AvgIpc) is 4.01. The molecule has 7 aromatic rings. The van der Waals surface area contributed by atoms with Gasteiger partial charge in [0.05, 0.1) is 22.8 Å². The Hall–Kier alpha value is -6.53. The van der Waals surface area contributed by atoms with Crippen molar-refractivity contribution in [2.45, 2.75) is 6.92 Å². The van der Waals surface area contributed by atoms with E-state index in [0.29, 0.717) is 0 Å². The summed E-state index contributed by atoms with van der Waals surface area (Å²) in [7, 11) is 0. The molecule has 0 unspecified atom stereocenters. The van der Waals surface area contributed by atoms with E-state index in [0.717, 1.165) is 96.3 Å². The van der Waals surface area contributed by atoms with E-state index < -0.39 is 5.97 Å². The van der Waals surface area contributed by atoms with Gasteiger partial charge in [0, 0.05) is 6.92 Å². The van der Waals surface area contributed by atoms with Crippen molar-refractivity contribution < 1.29 is 27.0 Å². The second kappa shape index (κ2) is 15.4. The van der Waals surface area contributed by atoms with Crippen molar-refractivity contribution >= 4 is 52.3 Å². The third-order valence-corrected chi connectivity index (χ3v) is 8.86. The van der Waals surface area contributed by atoms with Crippen LogP contribution >= 0.6 is 0 Å². The van der Waals surface area contributed by atoms with Gasteiger partial charge < -0.3 is 15.1 Å². The largest absolute Gasteiger partial charge is 2.00 e. The molecular weight excluding hydrogens is 695 g/mol. The first kappa shape index (κ1) is 34.9. The number of carbonyl (C=O) groups is 1. The third kappa shape index (κ3) is 7.17. The fourth-order valence-electron chi connectivity index (χ4n) is 6.69. The minimum atomic E-state index is -0.833. The van der Waals surface area contributed by atoms with Crippen LogP contribution in [0, 0.1) is 0 Å². The first-order valence-electron chi connectivity index (χ1n) is 17.0. The molecule has 53 heavy (non-hydrogen) atoms. The molecule has 2 aliphatic rings. The number of rotatable bonds is 4. The zero-order chi connectivity index (χ0) is 35.4. The number of aliphatic carboxylic acids is 1. The SMILES string of the molecule is C1=Cc2nc1c(-c1ccccc1)c1ccc([n-]1)c(-c1ccccc1)c1nc(c(-c3ccccc3)c3ccc([n-]3)c2-c2ccccc2)C=C1.CC(=O)O.[Mn+2]. The van der Waals surface area contributed by atoms with E-state index in [-0.39, 0.29) is 17.1 Å². The molecule has 8 bridgehead atoms. The molecular formula is C46H32MnN4O2. The number of benzene rings is 4. The Morgan fingerprint density at radius 2 is 0.623 bits per heavy atom. The van der Waals surface area contributed by atoms with Gasteiger partial charge in [-0.25, -0.2) is 9.97 Å². The maximum absolute atomic E-state index is 9.00. The summed E-state index contributed by atoms with van der Waals surface area (Å²) in [6.07, 6.45) is 8.41. The molecule has 0 fully saturated rings. The quantitative estimate of drug-likeness (QED) is 0.182. The van der Waals surface area contributed by atoms with E-state index in [4.69, 9.17) is 29.8 Å². The molecule has 2 aliphatic heterocycles. The molecule has 5 heterocycles. The summed E-state index contributed by atoms with van der Waals surface area (Å²) in [5, 5.41) is 7.42. The van der Waals surface area contributed by atoms with Gasteiger partial charge in [0.25, 0.3) is 5.97 Å². The van der Waals surface area contributed by atoms with E-state index in [2.05, 4.69) is 146 Å². The first-order chi connectivity index (χ1) is 25.5. The van der Waals surface area contributed by atoms with E-state index in [1.807, 2.05) is 24.3 Å². The minimum Gasteiger partial charge on any atom is -0.657 e. The van der Waals surface area contributed by atoms with E-state index >= 15 is 0 Å². The number of carboxylic acids is 1. The van der Waals surface area contributed by atoms with Crippen molar-refractivity contribution in [3.8, 4) is 44.5 Å². The summed E-state index contributed by atoms with van der Waals surface area (Å²) in [5.74, 6) is -0.833. The molecule has 0 spiro atoms. The van der Waals surface area contributed by atoms with E-state index in [1.54, 1.807) is 0 Å². The molecule has 1 N–H and O–H groups in total. The third-order valence-electron chi connectivity index (χ3n) is 8.86. The summed E-state index contributed by atoms with van der Waals surface area (Å²) in [6.45, 7) is 1.08. The van der Waals surface area contributed by atoms with Gasteiger partial charge >= 0.3 is 17.1 Å². The molecule has 0 saturated heterocycles. The van der Waals surface area contributed by atoms with Crippen molar-refractivity contribution in [2.24, 2.45) is 0 Å². The first-order valence-corrected chi connectivity index (χ1v) is 17.0. The van der Waals surface area contributed by atoms with Gasteiger partial charge in [-0.15, -0.1) is 22.1 Å². The smallest absolute Gasteiger partial charge is 0.657 e. The van der Waals surface area contributed by atoms with E-state index in [9.17, 15) is 0 Å². The van der Waals surface area contributed by atoms with Crippen LogP contribution in [-0.2, 0) is 21.9 Å². The number of nitrogens with zero attached hydrogens (tertiary/aromatic N) is 4. The number of hydrogen-bond donors (Lipinski definition) is 1. The second-order valence-electron chi connectivity index (χ2n) is 12.3. The number of hydrogen-bond acceptors (Lipinski definition) is 3. The second-order valence-corrected chi connectivity index (χ2v) is 12.3. The molecule has 3 aromatic heterocycles. The van der Waals surface area contributed by atoms with Gasteiger partial charge in [0.1, 0.15) is 0 Å². The maximum Gasteiger partial charge on any atom is 2.00 e. The molecule has 0 saturated carbocycles. The van der Waals surface area contributed by atoms with Crippen LogP contribution in [0.3, 0.4) is 0 Å². The van der Waals surface area contributed by atoms with Crippen LogP contribution in [0.1, 0.15) is 29.7 Å². The fourth-order valence-corrected chi connectivity index (χ4v) is 6.69. The normalized spacial score (nSPS) is 11.3. The molecule has 6 nitrogen and oxygen atoms in total.